The number of allylic oxidation sites excluding steroid dienone is 2. The van der Waals surface area contributed by atoms with Crippen LogP contribution in [0.2, 0.25) is 0 Å². The average Bonchev–Trinajstić information content (AvgIpc) is 2.70. The predicted octanol–water partition coefficient (Wildman–Crippen LogP) is 3.19. The molecule has 1 fully saturated rings. The summed E-state index contributed by atoms with van der Waals surface area (Å²) in [6, 6.07) is 3.96. The Bertz CT molecular complexity index is 610. The first-order valence-corrected chi connectivity index (χ1v) is 9.62. The summed E-state index contributed by atoms with van der Waals surface area (Å²) in [5.74, 6) is 3.17. The largest absolute Gasteiger partial charge is 0.496 e. The minimum atomic E-state index is 0.708. The fourth-order valence-corrected chi connectivity index (χ4v) is 3.97. The Labute approximate surface area is 157 Å². The zero-order valence-electron chi connectivity index (χ0n) is 16.4. The van der Waals surface area contributed by atoms with Gasteiger partial charge in [0.15, 0.2) is 11.5 Å². The molecule has 2 aliphatic rings. The van der Waals surface area contributed by atoms with Gasteiger partial charge in [0.05, 0.1) is 21.3 Å². The van der Waals surface area contributed by atoms with Crippen molar-refractivity contribution in [1.29, 1.82) is 0 Å². The van der Waals surface area contributed by atoms with Gasteiger partial charge in [0.25, 0.3) is 0 Å². The maximum absolute atomic E-state index is 5.57. The first kappa shape index (κ1) is 19.1. The maximum atomic E-state index is 5.57. The molecule has 0 spiro atoms. The van der Waals surface area contributed by atoms with Crippen LogP contribution in [-0.4, -0.2) is 63.9 Å². The number of benzene rings is 1. The summed E-state index contributed by atoms with van der Waals surface area (Å²) in [5, 5.41) is 0. The van der Waals surface area contributed by atoms with E-state index < -0.39 is 0 Å². The number of methoxy groups -OCH3 is 3. The predicted molar refractivity (Wildman–Crippen MR) is 104 cm³/mol. The second-order valence-electron chi connectivity index (χ2n) is 7.25. The van der Waals surface area contributed by atoms with E-state index in [1.165, 1.54) is 25.8 Å². The lowest BCUT2D eigenvalue weighted by Crippen LogP contribution is -2.47. The molecule has 0 bridgehead atoms. The van der Waals surface area contributed by atoms with Crippen LogP contribution in [0.4, 0.5) is 0 Å². The van der Waals surface area contributed by atoms with Crippen molar-refractivity contribution in [3.8, 4) is 17.2 Å². The highest BCUT2D eigenvalue weighted by Gasteiger charge is 2.22. The molecule has 0 unspecified atom stereocenters. The van der Waals surface area contributed by atoms with Crippen LogP contribution in [0, 0.1) is 5.92 Å². The van der Waals surface area contributed by atoms with Gasteiger partial charge in [-0.2, -0.15) is 0 Å². The highest BCUT2D eigenvalue weighted by molar-refractivity contribution is 5.50. The lowest BCUT2D eigenvalue weighted by Gasteiger charge is -2.37. The molecule has 1 aliphatic carbocycles. The van der Waals surface area contributed by atoms with Crippen LogP contribution in [0.3, 0.4) is 0 Å². The van der Waals surface area contributed by atoms with Crippen LogP contribution in [0.1, 0.15) is 24.8 Å². The van der Waals surface area contributed by atoms with Gasteiger partial charge in [-0.3, -0.25) is 4.90 Å². The Hall–Kier alpha value is -1.72. The van der Waals surface area contributed by atoms with Gasteiger partial charge in [-0.25, -0.2) is 0 Å². The molecule has 1 saturated heterocycles. The van der Waals surface area contributed by atoms with Gasteiger partial charge in [0.2, 0.25) is 0 Å². The summed E-state index contributed by atoms with van der Waals surface area (Å²) in [5.41, 5.74) is 1.15. The second-order valence-corrected chi connectivity index (χ2v) is 7.25. The van der Waals surface area contributed by atoms with Gasteiger partial charge in [-0.1, -0.05) is 12.2 Å². The molecule has 0 N–H and O–H groups in total. The van der Waals surface area contributed by atoms with E-state index in [0.29, 0.717) is 5.75 Å². The van der Waals surface area contributed by atoms with E-state index in [0.717, 1.165) is 55.7 Å². The molecular weight excluding hydrogens is 328 g/mol. The molecule has 1 aromatic carbocycles. The monoisotopic (exact) mass is 360 g/mol. The van der Waals surface area contributed by atoms with Crippen molar-refractivity contribution in [2.24, 2.45) is 5.92 Å². The van der Waals surface area contributed by atoms with Crippen molar-refractivity contribution in [1.82, 2.24) is 9.80 Å². The summed E-state index contributed by atoms with van der Waals surface area (Å²) >= 11 is 0. The molecule has 5 nitrogen and oxygen atoms in total. The second kappa shape index (κ2) is 9.28. The van der Waals surface area contributed by atoms with Crippen LogP contribution in [0.15, 0.2) is 24.3 Å². The van der Waals surface area contributed by atoms with Crippen LogP contribution in [0.5, 0.6) is 17.2 Å². The molecule has 1 aromatic rings. The fourth-order valence-electron chi connectivity index (χ4n) is 3.97. The van der Waals surface area contributed by atoms with Gasteiger partial charge in [-0.05, 0) is 31.2 Å². The zero-order valence-corrected chi connectivity index (χ0v) is 16.4. The molecule has 1 aliphatic heterocycles. The highest BCUT2D eigenvalue weighted by atomic mass is 16.5. The summed E-state index contributed by atoms with van der Waals surface area (Å²) in [6.45, 7) is 6.62. The summed E-state index contributed by atoms with van der Waals surface area (Å²) in [4.78, 5) is 5.13. The Morgan fingerprint density at radius 2 is 1.50 bits per heavy atom. The topological polar surface area (TPSA) is 34.2 Å². The van der Waals surface area contributed by atoms with Gasteiger partial charge < -0.3 is 19.1 Å². The maximum Gasteiger partial charge on any atom is 0.164 e. The third kappa shape index (κ3) is 4.71. The molecule has 144 valence electrons. The van der Waals surface area contributed by atoms with Crippen LogP contribution >= 0.6 is 0 Å². The van der Waals surface area contributed by atoms with Crippen molar-refractivity contribution >= 4 is 0 Å². The summed E-state index contributed by atoms with van der Waals surface area (Å²) in [7, 11) is 5.03. The van der Waals surface area contributed by atoms with Gasteiger partial charge in [0.1, 0.15) is 5.75 Å². The first-order chi connectivity index (χ1) is 12.7. The van der Waals surface area contributed by atoms with Gasteiger partial charge >= 0.3 is 0 Å². The van der Waals surface area contributed by atoms with E-state index in [-0.39, 0.29) is 0 Å². The van der Waals surface area contributed by atoms with Crippen LogP contribution in [-0.2, 0) is 6.54 Å². The first-order valence-electron chi connectivity index (χ1n) is 9.62. The SMILES string of the molecule is COc1cc(OC)c(OC)cc1CN1CCN(C[C@@H]2CC=CCC2)CC1. The van der Waals surface area contributed by atoms with Crippen LogP contribution < -0.4 is 14.2 Å². The molecular formula is C21H32N2O3. The molecule has 1 heterocycles. The zero-order chi connectivity index (χ0) is 18.4. The van der Waals surface area contributed by atoms with Crippen molar-refractivity contribution in [2.75, 3.05) is 54.1 Å². The lowest BCUT2D eigenvalue weighted by molar-refractivity contribution is 0.110. The third-order valence-corrected chi connectivity index (χ3v) is 5.54. The van der Waals surface area contributed by atoms with E-state index >= 15 is 0 Å². The molecule has 0 radical (unpaired) electrons. The number of hydrogen-bond acceptors (Lipinski definition) is 5. The lowest BCUT2D eigenvalue weighted by atomic mass is 9.94. The minimum absolute atomic E-state index is 0.708. The van der Waals surface area contributed by atoms with Crippen LogP contribution in [0.25, 0.3) is 0 Å². The normalized spacial score (nSPS) is 21.6. The minimum Gasteiger partial charge on any atom is -0.496 e. The Morgan fingerprint density at radius 1 is 0.846 bits per heavy atom. The number of rotatable bonds is 7. The summed E-state index contributed by atoms with van der Waals surface area (Å²) in [6.07, 6.45) is 8.53. The molecule has 0 aromatic heterocycles. The molecule has 0 saturated carbocycles. The van der Waals surface area contributed by atoms with E-state index in [2.05, 4.69) is 22.0 Å². The van der Waals surface area contributed by atoms with Gasteiger partial charge in [-0.15, -0.1) is 0 Å². The molecule has 0 amide bonds. The third-order valence-electron chi connectivity index (χ3n) is 5.54. The van der Waals surface area contributed by atoms with Gasteiger partial charge in [0, 0.05) is 50.9 Å². The summed E-state index contributed by atoms with van der Waals surface area (Å²) < 4.78 is 16.4. The van der Waals surface area contributed by atoms with Crippen molar-refractivity contribution < 1.29 is 14.2 Å². The number of nitrogens with zero attached hydrogens (tertiary/aromatic N) is 2. The quantitative estimate of drug-likeness (QED) is 0.698. The Balaban J connectivity index is 1.56. The van der Waals surface area contributed by atoms with E-state index in [1.54, 1.807) is 21.3 Å². The number of ether oxygens (including phenoxy) is 3. The van der Waals surface area contributed by atoms with E-state index in [9.17, 15) is 0 Å². The van der Waals surface area contributed by atoms with Crippen molar-refractivity contribution in [3.63, 3.8) is 0 Å². The molecule has 5 heteroatoms. The molecule has 3 rings (SSSR count). The van der Waals surface area contributed by atoms with Crippen molar-refractivity contribution in [3.05, 3.63) is 29.8 Å². The molecule has 1 atom stereocenters. The smallest absolute Gasteiger partial charge is 0.164 e. The average molecular weight is 360 g/mol. The Morgan fingerprint density at radius 3 is 2.12 bits per heavy atom. The highest BCUT2D eigenvalue weighted by Crippen LogP contribution is 2.35. The Kier molecular flexibility index (Phi) is 6.80. The number of piperazine rings is 1. The fraction of sp³-hybridized carbons (Fsp3) is 0.619. The molecule has 26 heavy (non-hydrogen) atoms. The van der Waals surface area contributed by atoms with E-state index in [4.69, 9.17) is 14.2 Å². The van der Waals surface area contributed by atoms with E-state index in [1.807, 2.05) is 12.1 Å². The standard InChI is InChI=1S/C21H32N2O3/c1-24-19-14-21(26-3)20(25-2)13-18(19)16-23-11-9-22(10-12-23)15-17-7-5-4-6-8-17/h4-5,13-14,17H,6-12,15-16H2,1-3H3/t17-/m1/s1. The van der Waals surface area contributed by atoms with Crippen molar-refractivity contribution in [2.45, 2.75) is 25.8 Å². The number of hydrogen-bond donors (Lipinski definition) is 0.